The van der Waals surface area contributed by atoms with Crippen LogP contribution in [0.3, 0.4) is 0 Å². The van der Waals surface area contributed by atoms with Crippen molar-refractivity contribution in [2.45, 2.75) is 33.7 Å². The Labute approximate surface area is 186 Å². The Morgan fingerprint density at radius 3 is 2.42 bits per heavy atom. The molecule has 160 valence electrons. The lowest BCUT2D eigenvalue weighted by molar-refractivity contribution is -0.139. The fourth-order valence-corrected chi connectivity index (χ4v) is 3.51. The van der Waals surface area contributed by atoms with E-state index in [9.17, 15) is 9.59 Å². The van der Waals surface area contributed by atoms with Crippen LogP contribution in [-0.2, 0) is 9.59 Å². The van der Waals surface area contributed by atoms with Gasteiger partial charge in [0.15, 0.2) is 0 Å². The number of hydrazone groups is 1. The van der Waals surface area contributed by atoms with Gasteiger partial charge in [0.05, 0.1) is 12.3 Å². The van der Waals surface area contributed by atoms with Crippen molar-refractivity contribution in [1.29, 1.82) is 0 Å². The molecule has 3 aromatic rings. The molecule has 2 N–H and O–H groups in total. The number of nitrogens with zero attached hydrogens (tertiary/aromatic N) is 2. The zero-order chi connectivity index (χ0) is 22.5. The highest BCUT2D eigenvalue weighted by Crippen LogP contribution is 2.24. The van der Waals surface area contributed by atoms with Crippen molar-refractivity contribution in [3.05, 3.63) is 87.7 Å². The van der Waals surface area contributed by atoms with E-state index in [0.717, 1.165) is 33.8 Å². The second-order valence-electron chi connectivity index (χ2n) is 7.40. The maximum absolute atomic E-state index is 12.1. The second kappa shape index (κ2) is 9.62. The third-order valence-corrected chi connectivity index (χ3v) is 5.51. The van der Waals surface area contributed by atoms with Gasteiger partial charge in [-0.05, 0) is 57.0 Å². The van der Waals surface area contributed by atoms with E-state index >= 15 is 0 Å². The summed E-state index contributed by atoms with van der Waals surface area (Å²) in [6.07, 6.45) is 1.53. The minimum Gasteiger partial charge on any atom is -0.341 e. The standard InChI is InChI=1S/C24H25ClN4O2/c1-15-10-11-21(13-22(15)25)29-16(2)12-20(18(29)4)14-26-28-24(31)23(30)27-17(3)19-8-6-5-7-9-19/h5-14,17H,1-4H3,(H,27,30)(H,28,31)/b26-14-/t17-/m0/s1. The number of carbonyl (C=O) groups excluding carboxylic acids is 2. The Bertz CT molecular complexity index is 1140. The fraction of sp³-hybridized carbons (Fsp3) is 0.208. The molecular weight excluding hydrogens is 412 g/mol. The van der Waals surface area contributed by atoms with E-state index in [1.54, 1.807) is 0 Å². The molecule has 0 fully saturated rings. The van der Waals surface area contributed by atoms with Gasteiger partial charge in [-0.2, -0.15) is 5.10 Å². The molecular formula is C24H25ClN4O2. The van der Waals surface area contributed by atoms with E-state index in [1.807, 2.05) is 82.3 Å². The highest BCUT2D eigenvalue weighted by atomic mass is 35.5. The number of aromatic nitrogens is 1. The monoisotopic (exact) mass is 436 g/mol. The summed E-state index contributed by atoms with van der Waals surface area (Å²) in [6.45, 7) is 7.71. The largest absolute Gasteiger partial charge is 0.341 e. The summed E-state index contributed by atoms with van der Waals surface area (Å²) < 4.78 is 2.06. The van der Waals surface area contributed by atoms with Crippen molar-refractivity contribution in [1.82, 2.24) is 15.3 Å². The SMILES string of the molecule is Cc1ccc(-n2c(C)cc(/C=N\NC(=O)C(=O)N[C@@H](C)c3ccccc3)c2C)cc1Cl. The first-order valence-electron chi connectivity index (χ1n) is 9.92. The van der Waals surface area contributed by atoms with Crippen LogP contribution in [-0.4, -0.2) is 22.6 Å². The number of aryl methyl sites for hydroxylation is 2. The molecule has 6 nitrogen and oxygen atoms in total. The van der Waals surface area contributed by atoms with Crippen LogP contribution in [0.15, 0.2) is 59.7 Å². The third kappa shape index (κ3) is 5.22. The Balaban J connectivity index is 1.66. The van der Waals surface area contributed by atoms with Gasteiger partial charge in [-0.25, -0.2) is 5.43 Å². The third-order valence-electron chi connectivity index (χ3n) is 5.11. The van der Waals surface area contributed by atoms with E-state index in [0.29, 0.717) is 5.02 Å². The number of amides is 2. The van der Waals surface area contributed by atoms with Crippen LogP contribution >= 0.6 is 11.6 Å². The molecule has 0 saturated carbocycles. The molecule has 1 atom stereocenters. The Hall–Kier alpha value is -3.38. The van der Waals surface area contributed by atoms with Crippen LogP contribution < -0.4 is 10.7 Å². The second-order valence-corrected chi connectivity index (χ2v) is 7.81. The van der Waals surface area contributed by atoms with E-state index in [-0.39, 0.29) is 6.04 Å². The summed E-state index contributed by atoms with van der Waals surface area (Å²) >= 11 is 6.27. The van der Waals surface area contributed by atoms with Crippen LogP contribution in [0, 0.1) is 20.8 Å². The molecule has 0 saturated heterocycles. The topological polar surface area (TPSA) is 75.5 Å². The molecule has 0 aliphatic heterocycles. The number of rotatable bonds is 5. The molecule has 31 heavy (non-hydrogen) atoms. The normalized spacial score (nSPS) is 12.0. The molecule has 0 radical (unpaired) electrons. The quantitative estimate of drug-likeness (QED) is 0.353. The van der Waals surface area contributed by atoms with Crippen molar-refractivity contribution in [2.75, 3.05) is 0 Å². The van der Waals surface area contributed by atoms with Gasteiger partial charge in [-0.1, -0.05) is 48.0 Å². The molecule has 0 aliphatic rings. The van der Waals surface area contributed by atoms with Gasteiger partial charge < -0.3 is 9.88 Å². The lowest BCUT2D eigenvalue weighted by Gasteiger charge is -2.13. The fourth-order valence-electron chi connectivity index (χ4n) is 3.33. The first-order chi connectivity index (χ1) is 14.8. The summed E-state index contributed by atoms with van der Waals surface area (Å²) in [6, 6.07) is 17.0. The zero-order valence-corrected chi connectivity index (χ0v) is 18.7. The molecule has 1 heterocycles. The molecule has 7 heteroatoms. The average molecular weight is 437 g/mol. The zero-order valence-electron chi connectivity index (χ0n) is 17.9. The van der Waals surface area contributed by atoms with E-state index in [2.05, 4.69) is 20.4 Å². The van der Waals surface area contributed by atoms with E-state index < -0.39 is 11.8 Å². The molecule has 3 rings (SSSR count). The highest BCUT2D eigenvalue weighted by Gasteiger charge is 2.16. The maximum Gasteiger partial charge on any atom is 0.329 e. The van der Waals surface area contributed by atoms with Gasteiger partial charge in [0.2, 0.25) is 0 Å². The Morgan fingerprint density at radius 1 is 1.03 bits per heavy atom. The van der Waals surface area contributed by atoms with Crippen LogP contribution in [0.4, 0.5) is 0 Å². The van der Waals surface area contributed by atoms with Crippen LogP contribution in [0.25, 0.3) is 5.69 Å². The van der Waals surface area contributed by atoms with E-state index in [1.165, 1.54) is 6.21 Å². The van der Waals surface area contributed by atoms with Crippen LogP contribution in [0.2, 0.25) is 5.02 Å². The predicted octanol–water partition coefficient (Wildman–Crippen LogP) is 4.38. The number of nitrogens with one attached hydrogen (secondary N) is 2. The highest BCUT2D eigenvalue weighted by molar-refractivity contribution is 6.35. The average Bonchev–Trinajstić information content (AvgIpc) is 3.03. The summed E-state index contributed by atoms with van der Waals surface area (Å²) in [5.41, 5.74) is 7.93. The van der Waals surface area contributed by atoms with Gasteiger partial charge in [-0.3, -0.25) is 9.59 Å². The van der Waals surface area contributed by atoms with Crippen molar-refractivity contribution >= 4 is 29.6 Å². The number of hydrogen-bond acceptors (Lipinski definition) is 3. The van der Waals surface area contributed by atoms with Crippen molar-refractivity contribution in [3.63, 3.8) is 0 Å². The molecule has 0 aliphatic carbocycles. The van der Waals surface area contributed by atoms with Crippen LogP contribution in [0.5, 0.6) is 0 Å². The summed E-state index contributed by atoms with van der Waals surface area (Å²) in [7, 11) is 0. The molecule has 2 aromatic carbocycles. The summed E-state index contributed by atoms with van der Waals surface area (Å²) in [4.78, 5) is 24.2. The minimum atomic E-state index is -0.821. The van der Waals surface area contributed by atoms with Crippen molar-refractivity contribution in [3.8, 4) is 5.69 Å². The predicted molar refractivity (Wildman–Crippen MR) is 124 cm³/mol. The number of hydrogen-bond donors (Lipinski definition) is 2. The van der Waals surface area contributed by atoms with Crippen molar-refractivity contribution < 1.29 is 9.59 Å². The Morgan fingerprint density at radius 2 is 1.74 bits per heavy atom. The van der Waals surface area contributed by atoms with Crippen LogP contribution in [0.1, 0.15) is 41.0 Å². The molecule has 2 amide bonds. The lowest BCUT2D eigenvalue weighted by atomic mass is 10.1. The number of halogens is 1. The number of carbonyl (C=O) groups is 2. The first-order valence-corrected chi connectivity index (χ1v) is 10.3. The van der Waals surface area contributed by atoms with Gasteiger partial charge in [0, 0.05) is 27.7 Å². The molecule has 0 spiro atoms. The smallest absolute Gasteiger partial charge is 0.329 e. The first kappa shape index (κ1) is 22.3. The molecule has 0 unspecified atom stereocenters. The minimum absolute atomic E-state index is 0.288. The van der Waals surface area contributed by atoms with Gasteiger partial charge in [0.25, 0.3) is 0 Å². The van der Waals surface area contributed by atoms with Gasteiger partial charge in [-0.15, -0.1) is 0 Å². The maximum atomic E-state index is 12.1. The lowest BCUT2D eigenvalue weighted by Crippen LogP contribution is -2.39. The summed E-state index contributed by atoms with van der Waals surface area (Å²) in [5.74, 6) is -1.56. The molecule has 0 bridgehead atoms. The van der Waals surface area contributed by atoms with Crippen molar-refractivity contribution in [2.24, 2.45) is 5.10 Å². The number of benzene rings is 2. The molecule has 1 aromatic heterocycles. The van der Waals surface area contributed by atoms with E-state index in [4.69, 9.17) is 11.6 Å². The van der Waals surface area contributed by atoms with Gasteiger partial charge in [0.1, 0.15) is 0 Å². The Kier molecular flexibility index (Phi) is 6.92. The summed E-state index contributed by atoms with van der Waals surface area (Å²) in [5, 5.41) is 7.31. The van der Waals surface area contributed by atoms with Gasteiger partial charge >= 0.3 is 11.8 Å².